The Bertz CT molecular complexity index is 1140. The first-order valence-electron chi connectivity index (χ1n) is 7.81. The number of methoxy groups -OCH3 is 1. The molecule has 0 atom stereocenters. The molecule has 2 aromatic carbocycles. The molecular weight excluding hydrogens is 356 g/mol. The molecule has 1 heterocycles. The van der Waals surface area contributed by atoms with Crippen LogP contribution >= 0.6 is 0 Å². The van der Waals surface area contributed by atoms with E-state index >= 15 is 0 Å². The summed E-state index contributed by atoms with van der Waals surface area (Å²) in [6.07, 6.45) is 0.885. The molecule has 0 fully saturated rings. The van der Waals surface area contributed by atoms with Crippen molar-refractivity contribution in [1.29, 1.82) is 0 Å². The quantitative estimate of drug-likeness (QED) is 0.651. The first-order valence-corrected chi connectivity index (χ1v) is 9.63. The summed E-state index contributed by atoms with van der Waals surface area (Å²) < 4.78 is 39.4. The van der Waals surface area contributed by atoms with Gasteiger partial charge >= 0.3 is 10.1 Å². The topological polar surface area (TPSA) is 82.8 Å². The largest absolute Gasteiger partial charge is 0.497 e. The van der Waals surface area contributed by atoms with Crippen molar-refractivity contribution in [2.24, 2.45) is 0 Å². The maximum absolute atomic E-state index is 13.0. The minimum Gasteiger partial charge on any atom is -0.497 e. The Hall–Kier alpha value is -2.80. The summed E-state index contributed by atoms with van der Waals surface area (Å²) in [7, 11) is -2.38. The van der Waals surface area contributed by atoms with Gasteiger partial charge in [0.05, 0.1) is 18.8 Å². The lowest BCUT2D eigenvalue weighted by Gasteiger charge is -2.12. The van der Waals surface area contributed by atoms with Crippen molar-refractivity contribution in [3.8, 4) is 22.8 Å². The molecule has 3 aromatic rings. The van der Waals surface area contributed by atoms with Crippen LogP contribution in [0.5, 0.6) is 11.5 Å². The lowest BCUT2D eigenvalue weighted by Crippen LogP contribution is -2.15. The predicted octanol–water partition coefficient (Wildman–Crippen LogP) is 3.42. The van der Waals surface area contributed by atoms with Crippen LogP contribution in [0.15, 0.2) is 45.6 Å². The Kier molecular flexibility index (Phi) is 4.50. The van der Waals surface area contributed by atoms with Gasteiger partial charge in [0.25, 0.3) is 0 Å². The molecule has 0 amide bonds. The van der Waals surface area contributed by atoms with Gasteiger partial charge in [-0.05, 0) is 55.3 Å². The third kappa shape index (κ3) is 3.43. The second-order valence-corrected chi connectivity index (χ2v) is 7.64. The molecule has 0 aliphatic carbocycles. The van der Waals surface area contributed by atoms with E-state index < -0.39 is 15.5 Å². The third-order valence-electron chi connectivity index (χ3n) is 3.88. The second-order valence-electron chi connectivity index (χ2n) is 6.06. The molecule has 7 heteroatoms. The molecule has 136 valence electrons. The maximum atomic E-state index is 13.0. The molecule has 0 N–H and O–H groups in total. The van der Waals surface area contributed by atoms with E-state index in [9.17, 15) is 13.2 Å². The fraction of sp³-hybridized carbons (Fsp3) is 0.211. The van der Waals surface area contributed by atoms with Crippen molar-refractivity contribution >= 4 is 21.1 Å². The highest BCUT2D eigenvalue weighted by molar-refractivity contribution is 7.86. The van der Waals surface area contributed by atoms with Crippen molar-refractivity contribution in [3.05, 3.63) is 57.7 Å². The van der Waals surface area contributed by atoms with Gasteiger partial charge in [0.2, 0.25) is 11.2 Å². The number of aryl methyl sites for hydroxylation is 2. The van der Waals surface area contributed by atoms with Crippen molar-refractivity contribution in [1.82, 2.24) is 0 Å². The highest BCUT2D eigenvalue weighted by Gasteiger charge is 2.22. The first-order chi connectivity index (χ1) is 12.2. The van der Waals surface area contributed by atoms with Crippen LogP contribution in [0.25, 0.3) is 22.3 Å². The average molecular weight is 374 g/mol. The highest BCUT2D eigenvalue weighted by atomic mass is 32.2. The van der Waals surface area contributed by atoms with E-state index in [2.05, 4.69) is 0 Å². The van der Waals surface area contributed by atoms with Crippen molar-refractivity contribution in [2.45, 2.75) is 13.8 Å². The standard InChI is InChI=1S/C19H18O6S/c1-11-9-12(2)16-15(10-11)24-18(13-5-7-14(23-3)8-6-13)19(17(16)20)25-26(4,21)22/h5-10H,1-4H3. The minimum atomic E-state index is -3.92. The summed E-state index contributed by atoms with van der Waals surface area (Å²) in [6.45, 7) is 3.66. The zero-order valence-electron chi connectivity index (χ0n) is 14.8. The molecule has 0 saturated heterocycles. The van der Waals surface area contributed by atoms with E-state index in [1.54, 1.807) is 37.3 Å². The van der Waals surface area contributed by atoms with E-state index in [0.29, 0.717) is 27.8 Å². The van der Waals surface area contributed by atoms with Gasteiger partial charge in [-0.2, -0.15) is 8.42 Å². The van der Waals surface area contributed by atoms with E-state index in [-0.39, 0.29) is 11.5 Å². The minimum absolute atomic E-state index is 0.0561. The lowest BCUT2D eigenvalue weighted by molar-refractivity contribution is 0.415. The summed E-state index contributed by atoms with van der Waals surface area (Å²) in [5.41, 5.74) is 1.96. The molecule has 0 unspecified atom stereocenters. The SMILES string of the molecule is COc1ccc(-c2oc3cc(C)cc(C)c3c(=O)c2OS(C)(=O)=O)cc1. The molecule has 6 nitrogen and oxygen atoms in total. The van der Waals surface area contributed by atoms with Gasteiger partial charge in [-0.15, -0.1) is 0 Å². The normalized spacial score (nSPS) is 11.5. The summed E-state index contributed by atoms with van der Waals surface area (Å²) in [6, 6.07) is 10.3. The average Bonchev–Trinajstić information content (AvgIpc) is 2.55. The van der Waals surface area contributed by atoms with Crippen LogP contribution in [-0.2, 0) is 10.1 Å². The van der Waals surface area contributed by atoms with E-state index in [4.69, 9.17) is 13.3 Å². The Labute approximate surface area is 151 Å². The van der Waals surface area contributed by atoms with E-state index in [1.165, 1.54) is 7.11 Å². The number of rotatable bonds is 4. The van der Waals surface area contributed by atoms with Crippen LogP contribution in [0.1, 0.15) is 11.1 Å². The van der Waals surface area contributed by atoms with Gasteiger partial charge in [0.1, 0.15) is 11.3 Å². The first kappa shape index (κ1) is 18.0. The van der Waals surface area contributed by atoms with Crippen LogP contribution < -0.4 is 14.3 Å². The van der Waals surface area contributed by atoms with Crippen molar-refractivity contribution < 1.29 is 21.8 Å². The Morgan fingerprint density at radius 1 is 1.04 bits per heavy atom. The number of ether oxygens (including phenoxy) is 1. The highest BCUT2D eigenvalue weighted by Crippen LogP contribution is 2.33. The van der Waals surface area contributed by atoms with Crippen LogP contribution in [0, 0.1) is 13.8 Å². The van der Waals surface area contributed by atoms with Crippen molar-refractivity contribution in [3.63, 3.8) is 0 Å². The Balaban J connectivity index is 2.38. The zero-order chi connectivity index (χ0) is 19.1. The Morgan fingerprint density at radius 2 is 1.69 bits per heavy atom. The van der Waals surface area contributed by atoms with Gasteiger partial charge < -0.3 is 13.3 Å². The van der Waals surface area contributed by atoms with Crippen LogP contribution in [0.4, 0.5) is 0 Å². The number of hydrogen-bond donors (Lipinski definition) is 0. The Morgan fingerprint density at radius 3 is 2.27 bits per heavy atom. The molecule has 0 spiro atoms. The van der Waals surface area contributed by atoms with Crippen LogP contribution in [0.3, 0.4) is 0 Å². The fourth-order valence-electron chi connectivity index (χ4n) is 2.83. The molecule has 26 heavy (non-hydrogen) atoms. The molecule has 0 aliphatic rings. The summed E-state index contributed by atoms with van der Waals surface area (Å²) >= 11 is 0. The van der Waals surface area contributed by atoms with Crippen LogP contribution in [0.2, 0.25) is 0 Å². The summed E-state index contributed by atoms with van der Waals surface area (Å²) in [5.74, 6) is 0.326. The number of hydrogen-bond acceptors (Lipinski definition) is 6. The third-order valence-corrected chi connectivity index (χ3v) is 4.35. The molecule has 0 aliphatic heterocycles. The van der Waals surface area contributed by atoms with Crippen LogP contribution in [-0.4, -0.2) is 21.8 Å². The summed E-state index contributed by atoms with van der Waals surface area (Å²) in [5, 5.41) is 0.298. The second kappa shape index (κ2) is 6.49. The fourth-order valence-corrected chi connectivity index (χ4v) is 3.29. The van der Waals surface area contributed by atoms with E-state index in [0.717, 1.165) is 11.8 Å². The monoisotopic (exact) mass is 374 g/mol. The predicted molar refractivity (Wildman–Crippen MR) is 99.4 cm³/mol. The zero-order valence-corrected chi connectivity index (χ0v) is 15.6. The molecule has 1 aromatic heterocycles. The van der Waals surface area contributed by atoms with Gasteiger partial charge in [-0.1, -0.05) is 6.07 Å². The van der Waals surface area contributed by atoms with Gasteiger partial charge in [0.15, 0.2) is 5.76 Å². The molecule has 0 saturated carbocycles. The smallest absolute Gasteiger partial charge is 0.306 e. The maximum Gasteiger partial charge on any atom is 0.306 e. The van der Waals surface area contributed by atoms with Crippen molar-refractivity contribution in [2.75, 3.05) is 13.4 Å². The van der Waals surface area contributed by atoms with Gasteiger partial charge in [0, 0.05) is 5.56 Å². The molecule has 0 bridgehead atoms. The number of fused-ring (bicyclic) bond motifs is 1. The lowest BCUT2D eigenvalue weighted by atomic mass is 10.0. The molecular formula is C19H18O6S. The molecule has 0 radical (unpaired) electrons. The van der Waals surface area contributed by atoms with Gasteiger partial charge in [-0.3, -0.25) is 4.79 Å². The van der Waals surface area contributed by atoms with Gasteiger partial charge in [-0.25, -0.2) is 0 Å². The molecule has 3 rings (SSSR count). The summed E-state index contributed by atoms with van der Waals surface area (Å²) in [4.78, 5) is 13.0. The van der Waals surface area contributed by atoms with E-state index in [1.807, 2.05) is 13.0 Å². The number of benzene rings is 2.